The number of nitrogens with one attached hydrogen (secondary N) is 4. The summed E-state index contributed by atoms with van der Waals surface area (Å²) in [5.74, 6) is -0.278. The zero-order valence-electron chi connectivity index (χ0n) is 10.8. The maximum Gasteiger partial charge on any atom is 0.323 e. The number of hydrogen-bond donors (Lipinski definition) is 4. The fraction of sp³-hybridized carbons (Fsp3) is 0.667. The molecule has 0 aliphatic carbocycles. The van der Waals surface area contributed by atoms with Crippen LogP contribution in [0.5, 0.6) is 0 Å². The van der Waals surface area contributed by atoms with Crippen LogP contribution < -0.4 is 16.3 Å². The third-order valence-corrected chi connectivity index (χ3v) is 3.09. The van der Waals surface area contributed by atoms with Gasteiger partial charge in [-0.05, 0) is 32.4 Å². The maximum absolute atomic E-state index is 11.6. The minimum absolute atomic E-state index is 0.254. The largest absolute Gasteiger partial charge is 0.378 e. The Morgan fingerprint density at radius 2 is 2.21 bits per heavy atom. The first-order valence-electron chi connectivity index (χ1n) is 6.64. The second-order valence-electron chi connectivity index (χ2n) is 4.59. The molecular weight excluding hydrogens is 248 g/mol. The van der Waals surface area contributed by atoms with Crippen molar-refractivity contribution in [3.8, 4) is 0 Å². The molecule has 0 unspecified atom stereocenters. The highest BCUT2D eigenvalue weighted by Crippen LogP contribution is 2.07. The van der Waals surface area contributed by atoms with Gasteiger partial charge in [0.25, 0.3) is 5.91 Å². The van der Waals surface area contributed by atoms with E-state index in [1.165, 1.54) is 6.20 Å². The molecule has 0 saturated carbocycles. The second-order valence-corrected chi connectivity index (χ2v) is 4.59. The number of aromatic nitrogens is 2. The molecule has 1 saturated heterocycles. The third-order valence-electron chi connectivity index (χ3n) is 3.09. The number of aromatic amines is 2. The summed E-state index contributed by atoms with van der Waals surface area (Å²) in [6.45, 7) is 3.22. The Balaban J connectivity index is 1.56. The van der Waals surface area contributed by atoms with Gasteiger partial charge < -0.3 is 25.3 Å². The molecule has 2 heterocycles. The highest BCUT2D eigenvalue weighted by molar-refractivity contribution is 5.91. The van der Waals surface area contributed by atoms with E-state index in [4.69, 9.17) is 4.74 Å². The van der Waals surface area contributed by atoms with E-state index in [1.807, 2.05) is 0 Å². The van der Waals surface area contributed by atoms with Crippen LogP contribution >= 0.6 is 0 Å². The van der Waals surface area contributed by atoms with E-state index in [0.717, 1.165) is 32.4 Å². The van der Waals surface area contributed by atoms with Crippen LogP contribution in [0.1, 0.15) is 29.8 Å². The number of ether oxygens (including phenoxy) is 1. The third kappa shape index (κ3) is 4.53. The number of carbonyl (C=O) groups excluding carboxylic acids is 1. The molecule has 1 amide bonds. The molecule has 19 heavy (non-hydrogen) atoms. The molecule has 1 aliphatic rings. The van der Waals surface area contributed by atoms with Crippen molar-refractivity contribution in [2.45, 2.75) is 25.4 Å². The molecule has 7 heteroatoms. The molecule has 1 aliphatic heterocycles. The quantitative estimate of drug-likeness (QED) is 0.527. The number of amides is 1. The first-order chi connectivity index (χ1) is 9.25. The highest BCUT2D eigenvalue weighted by atomic mass is 16.5. The van der Waals surface area contributed by atoms with Crippen molar-refractivity contribution < 1.29 is 9.53 Å². The molecule has 0 bridgehead atoms. The van der Waals surface area contributed by atoms with E-state index < -0.39 is 0 Å². The van der Waals surface area contributed by atoms with Gasteiger partial charge in [0.2, 0.25) is 0 Å². The van der Waals surface area contributed by atoms with Crippen LogP contribution in [0.2, 0.25) is 0 Å². The smallest absolute Gasteiger partial charge is 0.323 e. The molecule has 1 aromatic rings. The lowest BCUT2D eigenvalue weighted by molar-refractivity contribution is 0.0317. The molecule has 0 aromatic carbocycles. The summed E-state index contributed by atoms with van der Waals surface area (Å²) in [5.41, 5.74) is -0.122. The Bertz CT molecular complexity index is 448. The standard InChI is InChI=1S/C12H20N4O3/c17-11(10-8-15-12(18)16-10)14-4-1-7-19-9-2-5-13-6-3-9/h8-9,13H,1-7H2,(H,14,17)(H2,15,16,18). The van der Waals surface area contributed by atoms with E-state index in [9.17, 15) is 9.59 Å². The Morgan fingerprint density at radius 1 is 1.42 bits per heavy atom. The minimum Gasteiger partial charge on any atom is -0.378 e. The highest BCUT2D eigenvalue weighted by Gasteiger charge is 2.12. The minimum atomic E-state index is -0.376. The summed E-state index contributed by atoms with van der Waals surface area (Å²) in [6.07, 6.45) is 4.58. The molecule has 0 atom stereocenters. The Kier molecular flexibility index (Phi) is 5.17. The molecule has 4 N–H and O–H groups in total. The fourth-order valence-electron chi connectivity index (χ4n) is 2.04. The zero-order chi connectivity index (χ0) is 13.5. The van der Waals surface area contributed by atoms with Gasteiger partial charge in [0, 0.05) is 19.3 Å². The van der Waals surface area contributed by atoms with Gasteiger partial charge in [-0.2, -0.15) is 0 Å². The number of piperidine rings is 1. The monoisotopic (exact) mass is 268 g/mol. The molecule has 2 rings (SSSR count). The van der Waals surface area contributed by atoms with Gasteiger partial charge in [-0.1, -0.05) is 0 Å². The molecule has 0 radical (unpaired) electrons. The van der Waals surface area contributed by atoms with Crippen molar-refractivity contribution in [1.29, 1.82) is 0 Å². The number of H-pyrrole nitrogens is 2. The summed E-state index contributed by atoms with van der Waals surface area (Å²) in [6, 6.07) is 0. The summed E-state index contributed by atoms with van der Waals surface area (Å²) in [5, 5.41) is 6.01. The van der Waals surface area contributed by atoms with E-state index in [1.54, 1.807) is 0 Å². The second kappa shape index (κ2) is 7.10. The van der Waals surface area contributed by atoms with Gasteiger partial charge >= 0.3 is 5.69 Å². The van der Waals surface area contributed by atoms with Crippen molar-refractivity contribution in [2.24, 2.45) is 0 Å². The van der Waals surface area contributed by atoms with Gasteiger partial charge in [0.15, 0.2) is 0 Å². The van der Waals surface area contributed by atoms with Crippen LogP contribution in [0.4, 0.5) is 0 Å². The van der Waals surface area contributed by atoms with Crippen LogP contribution in [0.3, 0.4) is 0 Å². The molecule has 7 nitrogen and oxygen atoms in total. The van der Waals surface area contributed by atoms with Crippen LogP contribution in [0, 0.1) is 0 Å². The van der Waals surface area contributed by atoms with Gasteiger partial charge in [0.1, 0.15) is 5.69 Å². The van der Waals surface area contributed by atoms with Crippen molar-refractivity contribution in [1.82, 2.24) is 20.6 Å². The van der Waals surface area contributed by atoms with Crippen molar-refractivity contribution >= 4 is 5.91 Å². The number of carbonyl (C=O) groups is 1. The SMILES string of the molecule is O=C(NCCCOC1CCNCC1)c1c[nH]c(=O)[nH]1. The van der Waals surface area contributed by atoms with Crippen LogP contribution in [0.15, 0.2) is 11.0 Å². The van der Waals surface area contributed by atoms with E-state index >= 15 is 0 Å². The average molecular weight is 268 g/mol. The average Bonchev–Trinajstić information content (AvgIpc) is 2.86. The number of rotatable bonds is 6. The predicted octanol–water partition coefficient (Wildman–Crippen LogP) is -0.408. The van der Waals surface area contributed by atoms with Crippen molar-refractivity contribution in [3.05, 3.63) is 22.4 Å². The van der Waals surface area contributed by atoms with E-state index in [2.05, 4.69) is 20.6 Å². The first-order valence-corrected chi connectivity index (χ1v) is 6.64. The topological polar surface area (TPSA) is 99.0 Å². The fourth-order valence-corrected chi connectivity index (χ4v) is 2.04. The van der Waals surface area contributed by atoms with Crippen LogP contribution in [-0.2, 0) is 4.74 Å². The molecular formula is C12H20N4O3. The Morgan fingerprint density at radius 3 is 2.89 bits per heavy atom. The van der Waals surface area contributed by atoms with Gasteiger partial charge in [-0.15, -0.1) is 0 Å². The number of hydrogen-bond acceptors (Lipinski definition) is 4. The summed E-state index contributed by atoms with van der Waals surface area (Å²) in [4.78, 5) is 27.2. The summed E-state index contributed by atoms with van der Waals surface area (Å²) < 4.78 is 5.72. The van der Waals surface area contributed by atoms with Gasteiger partial charge in [-0.25, -0.2) is 4.79 Å². The zero-order valence-corrected chi connectivity index (χ0v) is 10.8. The van der Waals surface area contributed by atoms with E-state index in [-0.39, 0.29) is 17.3 Å². The molecule has 1 fully saturated rings. The maximum atomic E-state index is 11.6. The Labute approximate surface area is 111 Å². The first kappa shape index (κ1) is 13.8. The van der Waals surface area contributed by atoms with Gasteiger partial charge in [-0.3, -0.25) is 4.79 Å². The molecule has 0 spiro atoms. The van der Waals surface area contributed by atoms with Gasteiger partial charge in [0.05, 0.1) is 6.10 Å². The van der Waals surface area contributed by atoms with Crippen molar-refractivity contribution in [3.63, 3.8) is 0 Å². The van der Waals surface area contributed by atoms with Crippen molar-refractivity contribution in [2.75, 3.05) is 26.2 Å². The predicted molar refractivity (Wildman–Crippen MR) is 70.2 cm³/mol. The molecule has 106 valence electrons. The lowest BCUT2D eigenvalue weighted by atomic mass is 10.1. The lowest BCUT2D eigenvalue weighted by Gasteiger charge is -2.22. The Hall–Kier alpha value is -1.60. The molecule has 1 aromatic heterocycles. The summed E-state index contributed by atoms with van der Waals surface area (Å²) >= 11 is 0. The van der Waals surface area contributed by atoms with Crippen LogP contribution in [-0.4, -0.2) is 48.2 Å². The normalized spacial score (nSPS) is 16.4. The number of imidazole rings is 1. The van der Waals surface area contributed by atoms with E-state index in [0.29, 0.717) is 19.3 Å². The lowest BCUT2D eigenvalue weighted by Crippen LogP contribution is -2.33. The van der Waals surface area contributed by atoms with Crippen LogP contribution in [0.25, 0.3) is 0 Å². The summed E-state index contributed by atoms with van der Waals surface area (Å²) in [7, 11) is 0.